The zero-order valence-electron chi connectivity index (χ0n) is 10.4. The Morgan fingerprint density at radius 1 is 1.22 bits per heavy atom. The summed E-state index contributed by atoms with van der Waals surface area (Å²) >= 11 is 11.7. The van der Waals surface area contributed by atoms with Crippen LogP contribution in [-0.2, 0) is 0 Å². The van der Waals surface area contributed by atoms with E-state index in [0.29, 0.717) is 12.2 Å². The van der Waals surface area contributed by atoms with Gasteiger partial charge in [-0.15, -0.1) is 0 Å². The summed E-state index contributed by atoms with van der Waals surface area (Å²) in [6.07, 6.45) is 0. The van der Waals surface area contributed by atoms with Crippen molar-refractivity contribution < 1.29 is 13.5 Å². The maximum atomic E-state index is 12.1. The second kappa shape index (κ2) is 5.93. The SMILES string of the molecule is CC(C)(C)CNc1cc(Cl)c(OC(F)F)c(Cl)c1. The molecule has 18 heavy (non-hydrogen) atoms. The number of rotatable bonds is 4. The lowest BCUT2D eigenvalue weighted by molar-refractivity contribution is -0.0497. The molecule has 1 rings (SSSR count). The summed E-state index contributed by atoms with van der Waals surface area (Å²) in [6.45, 7) is 3.95. The highest BCUT2D eigenvalue weighted by Crippen LogP contribution is 2.37. The highest BCUT2D eigenvalue weighted by molar-refractivity contribution is 6.37. The minimum atomic E-state index is -2.95. The Labute approximate surface area is 115 Å². The van der Waals surface area contributed by atoms with Crippen molar-refractivity contribution in [2.75, 3.05) is 11.9 Å². The van der Waals surface area contributed by atoms with Gasteiger partial charge in [0.15, 0.2) is 5.75 Å². The van der Waals surface area contributed by atoms with E-state index in [0.717, 1.165) is 0 Å². The van der Waals surface area contributed by atoms with Crippen molar-refractivity contribution >= 4 is 28.9 Å². The number of hydrogen-bond donors (Lipinski definition) is 1. The van der Waals surface area contributed by atoms with Gasteiger partial charge in [0.05, 0.1) is 10.0 Å². The number of anilines is 1. The van der Waals surface area contributed by atoms with Crippen LogP contribution in [0.15, 0.2) is 12.1 Å². The first-order chi connectivity index (χ1) is 8.19. The molecule has 0 saturated heterocycles. The third-order valence-electron chi connectivity index (χ3n) is 2.03. The molecule has 0 heterocycles. The van der Waals surface area contributed by atoms with Crippen LogP contribution in [-0.4, -0.2) is 13.2 Å². The summed E-state index contributed by atoms with van der Waals surface area (Å²) in [5.74, 6) is -0.199. The Balaban J connectivity index is 2.86. The van der Waals surface area contributed by atoms with Gasteiger partial charge in [-0.2, -0.15) is 8.78 Å². The van der Waals surface area contributed by atoms with Gasteiger partial charge in [0, 0.05) is 12.2 Å². The standard InChI is InChI=1S/C12H15Cl2F2NO/c1-12(2,3)6-17-7-4-8(13)10(9(14)5-7)18-11(15)16/h4-5,11,17H,6H2,1-3H3. The highest BCUT2D eigenvalue weighted by Gasteiger charge is 2.15. The molecular weight excluding hydrogens is 283 g/mol. The van der Waals surface area contributed by atoms with Crippen molar-refractivity contribution in [2.24, 2.45) is 5.41 Å². The van der Waals surface area contributed by atoms with Crippen LogP contribution in [0, 0.1) is 5.41 Å². The largest absolute Gasteiger partial charge is 0.432 e. The quantitative estimate of drug-likeness (QED) is 0.839. The summed E-state index contributed by atoms with van der Waals surface area (Å²) in [5.41, 5.74) is 0.749. The van der Waals surface area contributed by atoms with E-state index >= 15 is 0 Å². The Kier molecular flexibility index (Phi) is 5.05. The molecule has 1 aromatic carbocycles. The van der Waals surface area contributed by atoms with Gasteiger partial charge in [-0.25, -0.2) is 0 Å². The van der Waals surface area contributed by atoms with Crippen molar-refractivity contribution in [1.29, 1.82) is 0 Å². The Hall–Kier alpha value is -0.740. The van der Waals surface area contributed by atoms with Crippen LogP contribution in [0.2, 0.25) is 10.0 Å². The predicted molar refractivity (Wildman–Crippen MR) is 71.0 cm³/mol. The summed E-state index contributed by atoms with van der Waals surface area (Å²) in [5, 5.41) is 3.24. The molecule has 0 aliphatic heterocycles. The lowest BCUT2D eigenvalue weighted by Crippen LogP contribution is -2.19. The molecule has 0 atom stereocenters. The zero-order chi connectivity index (χ0) is 13.9. The third kappa shape index (κ3) is 4.86. The van der Waals surface area contributed by atoms with E-state index < -0.39 is 6.61 Å². The smallest absolute Gasteiger partial charge is 0.387 e. The van der Waals surface area contributed by atoms with Gasteiger partial charge in [0.2, 0.25) is 0 Å². The maximum Gasteiger partial charge on any atom is 0.387 e. The van der Waals surface area contributed by atoms with E-state index in [1.807, 2.05) is 0 Å². The van der Waals surface area contributed by atoms with Crippen LogP contribution in [0.3, 0.4) is 0 Å². The molecule has 0 bridgehead atoms. The zero-order valence-corrected chi connectivity index (χ0v) is 11.9. The van der Waals surface area contributed by atoms with Gasteiger partial charge in [0.25, 0.3) is 0 Å². The Bertz CT molecular complexity index is 396. The molecule has 0 aliphatic rings. The molecule has 102 valence electrons. The predicted octanol–water partition coefficient (Wildman–Crippen LogP) is 5.05. The van der Waals surface area contributed by atoms with E-state index in [2.05, 4.69) is 30.8 Å². The average molecular weight is 298 g/mol. The number of nitrogens with one attached hydrogen (secondary N) is 1. The molecule has 1 aromatic rings. The highest BCUT2D eigenvalue weighted by atomic mass is 35.5. The summed E-state index contributed by atoms with van der Waals surface area (Å²) in [6, 6.07) is 3.02. The van der Waals surface area contributed by atoms with E-state index in [9.17, 15) is 8.78 Å². The number of ether oxygens (including phenoxy) is 1. The first-order valence-corrected chi connectivity index (χ1v) is 6.12. The second-order valence-electron chi connectivity index (χ2n) is 5.06. The summed E-state index contributed by atoms with van der Waals surface area (Å²) < 4.78 is 28.5. The van der Waals surface area contributed by atoms with Gasteiger partial charge < -0.3 is 10.1 Å². The molecule has 0 radical (unpaired) electrons. The number of alkyl halides is 2. The van der Waals surface area contributed by atoms with Gasteiger partial charge in [-0.1, -0.05) is 44.0 Å². The van der Waals surface area contributed by atoms with E-state index in [-0.39, 0.29) is 21.2 Å². The lowest BCUT2D eigenvalue weighted by atomic mass is 9.97. The van der Waals surface area contributed by atoms with Crippen LogP contribution in [0.5, 0.6) is 5.75 Å². The number of halogens is 4. The first-order valence-electron chi connectivity index (χ1n) is 5.37. The first kappa shape index (κ1) is 15.3. The number of hydrogen-bond acceptors (Lipinski definition) is 2. The molecule has 1 N–H and O–H groups in total. The molecular formula is C12H15Cl2F2NO. The molecule has 0 spiro atoms. The van der Waals surface area contributed by atoms with Gasteiger partial charge >= 0.3 is 6.61 Å². The van der Waals surface area contributed by atoms with E-state index in [1.54, 1.807) is 0 Å². The molecule has 0 aliphatic carbocycles. The van der Waals surface area contributed by atoms with E-state index in [1.165, 1.54) is 12.1 Å². The van der Waals surface area contributed by atoms with Crippen molar-refractivity contribution in [3.8, 4) is 5.75 Å². The van der Waals surface area contributed by atoms with Crippen LogP contribution >= 0.6 is 23.2 Å². The lowest BCUT2D eigenvalue weighted by Gasteiger charge is -2.20. The molecule has 0 unspecified atom stereocenters. The van der Waals surface area contributed by atoms with E-state index in [4.69, 9.17) is 23.2 Å². The van der Waals surface area contributed by atoms with Crippen molar-refractivity contribution in [2.45, 2.75) is 27.4 Å². The Morgan fingerprint density at radius 3 is 2.11 bits per heavy atom. The minimum Gasteiger partial charge on any atom is -0.432 e. The monoisotopic (exact) mass is 297 g/mol. The second-order valence-corrected chi connectivity index (χ2v) is 5.88. The third-order valence-corrected chi connectivity index (χ3v) is 2.59. The Morgan fingerprint density at radius 2 is 1.72 bits per heavy atom. The van der Waals surface area contributed by atoms with Gasteiger partial charge in [-0.05, 0) is 17.5 Å². The normalized spacial score (nSPS) is 11.8. The molecule has 6 heteroatoms. The van der Waals surface area contributed by atoms with Crippen molar-refractivity contribution in [1.82, 2.24) is 0 Å². The average Bonchev–Trinajstić information content (AvgIpc) is 2.19. The fourth-order valence-corrected chi connectivity index (χ4v) is 1.81. The van der Waals surface area contributed by atoms with Crippen LogP contribution in [0.25, 0.3) is 0 Å². The topological polar surface area (TPSA) is 21.3 Å². The molecule has 0 saturated carbocycles. The minimum absolute atomic E-state index is 0.0548. The van der Waals surface area contributed by atoms with Crippen LogP contribution in [0.4, 0.5) is 14.5 Å². The van der Waals surface area contributed by atoms with Crippen LogP contribution < -0.4 is 10.1 Å². The molecule has 0 amide bonds. The maximum absolute atomic E-state index is 12.1. The van der Waals surface area contributed by atoms with Crippen molar-refractivity contribution in [3.63, 3.8) is 0 Å². The van der Waals surface area contributed by atoms with Gasteiger partial charge in [0.1, 0.15) is 0 Å². The fourth-order valence-electron chi connectivity index (χ4n) is 1.23. The molecule has 0 fully saturated rings. The fraction of sp³-hybridized carbons (Fsp3) is 0.500. The summed E-state index contributed by atoms with van der Waals surface area (Å²) in [7, 11) is 0. The van der Waals surface area contributed by atoms with Gasteiger partial charge in [-0.3, -0.25) is 0 Å². The summed E-state index contributed by atoms with van der Waals surface area (Å²) in [4.78, 5) is 0. The number of benzene rings is 1. The van der Waals surface area contributed by atoms with Crippen LogP contribution in [0.1, 0.15) is 20.8 Å². The molecule has 0 aromatic heterocycles. The van der Waals surface area contributed by atoms with Crippen molar-refractivity contribution in [3.05, 3.63) is 22.2 Å². The molecule has 2 nitrogen and oxygen atoms in total.